The number of aromatic nitrogens is 2. The highest BCUT2D eigenvalue weighted by atomic mass is 15.1. The van der Waals surface area contributed by atoms with Crippen molar-refractivity contribution in [2.45, 2.75) is 25.8 Å². The summed E-state index contributed by atoms with van der Waals surface area (Å²) < 4.78 is 0. The third-order valence-corrected chi connectivity index (χ3v) is 3.77. The molecule has 2 heterocycles. The summed E-state index contributed by atoms with van der Waals surface area (Å²) in [4.78, 5) is 11.0. The van der Waals surface area contributed by atoms with Crippen molar-refractivity contribution in [1.29, 1.82) is 0 Å². The van der Waals surface area contributed by atoms with Crippen LogP contribution in [0.3, 0.4) is 0 Å². The molecule has 1 saturated heterocycles. The van der Waals surface area contributed by atoms with E-state index >= 15 is 0 Å². The second kappa shape index (κ2) is 6.10. The fraction of sp³-hybridized carbons (Fsp3) is 0.375. The molecule has 1 aliphatic heterocycles. The van der Waals surface area contributed by atoms with Crippen molar-refractivity contribution in [3.8, 4) is 0 Å². The minimum Gasteiger partial charge on any atom is -0.384 e. The van der Waals surface area contributed by atoms with E-state index in [1.807, 2.05) is 0 Å². The molecule has 5 nitrogen and oxygen atoms in total. The van der Waals surface area contributed by atoms with E-state index < -0.39 is 0 Å². The van der Waals surface area contributed by atoms with Crippen molar-refractivity contribution in [1.82, 2.24) is 14.9 Å². The smallest absolute Gasteiger partial charge is 0.137 e. The van der Waals surface area contributed by atoms with E-state index in [4.69, 9.17) is 11.5 Å². The molecule has 1 fully saturated rings. The first-order valence-corrected chi connectivity index (χ1v) is 7.38. The van der Waals surface area contributed by atoms with Crippen LogP contribution in [0.2, 0.25) is 0 Å². The fourth-order valence-corrected chi connectivity index (χ4v) is 2.84. The number of anilines is 2. The zero-order chi connectivity index (χ0) is 14.7. The lowest BCUT2D eigenvalue weighted by Gasteiger charge is -2.15. The molecule has 0 unspecified atom stereocenters. The van der Waals surface area contributed by atoms with Crippen LogP contribution >= 0.6 is 0 Å². The van der Waals surface area contributed by atoms with Crippen LogP contribution in [0.15, 0.2) is 30.3 Å². The van der Waals surface area contributed by atoms with Gasteiger partial charge in [0.15, 0.2) is 0 Å². The third-order valence-electron chi connectivity index (χ3n) is 3.77. The summed E-state index contributed by atoms with van der Waals surface area (Å²) >= 11 is 0. The Bertz CT molecular complexity index is 600. The van der Waals surface area contributed by atoms with E-state index in [2.05, 4.69) is 39.1 Å². The predicted molar refractivity (Wildman–Crippen MR) is 84.6 cm³/mol. The summed E-state index contributed by atoms with van der Waals surface area (Å²) in [5.74, 6) is 1.52. The molecule has 0 atom stereocenters. The summed E-state index contributed by atoms with van der Waals surface area (Å²) in [5, 5.41) is 0. The van der Waals surface area contributed by atoms with E-state index in [9.17, 15) is 0 Å². The third kappa shape index (κ3) is 3.70. The maximum atomic E-state index is 5.71. The van der Waals surface area contributed by atoms with E-state index in [1.165, 1.54) is 37.1 Å². The number of benzene rings is 1. The van der Waals surface area contributed by atoms with Gasteiger partial charge in [-0.1, -0.05) is 24.3 Å². The van der Waals surface area contributed by atoms with Gasteiger partial charge in [-0.15, -0.1) is 0 Å². The first kappa shape index (κ1) is 13.8. The first-order valence-electron chi connectivity index (χ1n) is 7.38. The Morgan fingerprint density at radius 2 is 1.62 bits per heavy atom. The lowest BCUT2D eigenvalue weighted by Crippen LogP contribution is -2.18. The number of nitrogens with two attached hydrogens (primary N) is 2. The van der Waals surface area contributed by atoms with Gasteiger partial charge in [-0.25, -0.2) is 9.97 Å². The molecule has 2 aromatic rings. The molecule has 0 radical (unpaired) electrons. The van der Waals surface area contributed by atoms with Crippen LogP contribution in [0.4, 0.5) is 11.6 Å². The minimum atomic E-state index is 0.422. The van der Waals surface area contributed by atoms with Crippen molar-refractivity contribution < 1.29 is 0 Å². The van der Waals surface area contributed by atoms with Gasteiger partial charge in [0.2, 0.25) is 0 Å². The highest BCUT2D eigenvalue weighted by Gasteiger charge is 2.12. The van der Waals surface area contributed by atoms with Crippen molar-refractivity contribution in [2.24, 2.45) is 0 Å². The Hall–Kier alpha value is -2.14. The molecule has 1 aromatic carbocycles. The van der Waals surface area contributed by atoms with Crippen LogP contribution in [-0.4, -0.2) is 28.0 Å². The van der Waals surface area contributed by atoms with E-state index in [-0.39, 0.29) is 0 Å². The van der Waals surface area contributed by atoms with Crippen LogP contribution in [0.1, 0.15) is 29.8 Å². The number of hydrogen-bond acceptors (Lipinski definition) is 5. The number of rotatable bonds is 4. The van der Waals surface area contributed by atoms with Gasteiger partial charge in [0.05, 0.1) is 0 Å². The summed E-state index contributed by atoms with van der Waals surface area (Å²) in [6.45, 7) is 3.44. The molecular weight excluding hydrogens is 262 g/mol. The second-order valence-corrected chi connectivity index (χ2v) is 5.61. The van der Waals surface area contributed by atoms with Crippen LogP contribution in [0.25, 0.3) is 0 Å². The predicted octanol–water partition coefficient (Wildman–Crippen LogP) is 1.83. The Kier molecular flexibility index (Phi) is 4.01. The molecule has 4 N–H and O–H groups in total. The fourth-order valence-electron chi connectivity index (χ4n) is 2.84. The molecular formula is C16H21N5. The van der Waals surface area contributed by atoms with Gasteiger partial charge in [-0.2, -0.15) is 0 Å². The molecule has 21 heavy (non-hydrogen) atoms. The van der Waals surface area contributed by atoms with Gasteiger partial charge < -0.3 is 11.5 Å². The maximum absolute atomic E-state index is 5.71. The Morgan fingerprint density at radius 1 is 0.952 bits per heavy atom. The maximum Gasteiger partial charge on any atom is 0.137 e. The minimum absolute atomic E-state index is 0.422. The van der Waals surface area contributed by atoms with Gasteiger partial charge in [0, 0.05) is 19.0 Å². The lowest BCUT2D eigenvalue weighted by atomic mass is 10.1. The molecule has 0 saturated carbocycles. The highest BCUT2D eigenvalue weighted by molar-refractivity contribution is 5.41. The van der Waals surface area contributed by atoms with Crippen molar-refractivity contribution in [2.75, 3.05) is 24.6 Å². The lowest BCUT2D eigenvalue weighted by molar-refractivity contribution is 0.331. The quantitative estimate of drug-likeness (QED) is 0.894. The zero-order valence-electron chi connectivity index (χ0n) is 12.1. The van der Waals surface area contributed by atoms with Gasteiger partial charge in [0.25, 0.3) is 0 Å². The molecule has 5 heteroatoms. The number of nitrogen functional groups attached to an aromatic ring is 2. The number of nitrogens with zero attached hydrogens (tertiary/aromatic N) is 3. The average molecular weight is 283 g/mol. The molecule has 0 aliphatic carbocycles. The summed E-state index contributed by atoms with van der Waals surface area (Å²) in [6, 6.07) is 10.2. The largest absolute Gasteiger partial charge is 0.384 e. The van der Waals surface area contributed by atoms with Crippen LogP contribution in [-0.2, 0) is 13.0 Å². The first-order chi connectivity index (χ1) is 10.2. The van der Waals surface area contributed by atoms with Crippen molar-refractivity contribution in [3.05, 3.63) is 47.3 Å². The molecule has 1 aromatic heterocycles. The molecule has 0 bridgehead atoms. The molecule has 0 spiro atoms. The van der Waals surface area contributed by atoms with Gasteiger partial charge >= 0.3 is 0 Å². The standard InChI is InChI=1S/C16H21N5/c17-14-10-15(18)20-16(19-14)9-12-4-3-5-13(8-12)11-21-6-1-2-7-21/h3-5,8,10H,1-2,6-7,9,11H2,(H4,17,18,19,20). The highest BCUT2D eigenvalue weighted by Crippen LogP contribution is 2.15. The van der Waals surface area contributed by atoms with Crippen LogP contribution in [0, 0.1) is 0 Å². The molecule has 110 valence electrons. The summed E-state index contributed by atoms with van der Waals surface area (Å²) in [5.41, 5.74) is 14.0. The van der Waals surface area contributed by atoms with Crippen LogP contribution < -0.4 is 11.5 Å². The van der Waals surface area contributed by atoms with Gasteiger partial charge in [0.1, 0.15) is 17.5 Å². The molecule has 3 rings (SSSR count). The summed E-state index contributed by atoms with van der Waals surface area (Å²) in [6.07, 6.45) is 3.29. The van der Waals surface area contributed by atoms with E-state index in [1.54, 1.807) is 6.07 Å². The summed E-state index contributed by atoms with van der Waals surface area (Å²) in [7, 11) is 0. The SMILES string of the molecule is Nc1cc(N)nc(Cc2cccc(CN3CCCC3)c2)n1. The zero-order valence-corrected chi connectivity index (χ0v) is 12.1. The molecule has 0 amide bonds. The second-order valence-electron chi connectivity index (χ2n) is 5.61. The molecule has 1 aliphatic rings. The number of likely N-dealkylation sites (tertiary alicyclic amines) is 1. The topological polar surface area (TPSA) is 81.1 Å². The van der Waals surface area contributed by atoms with Crippen molar-refractivity contribution in [3.63, 3.8) is 0 Å². The Morgan fingerprint density at radius 3 is 2.33 bits per heavy atom. The van der Waals surface area contributed by atoms with E-state index in [0.29, 0.717) is 23.9 Å². The Labute approximate surface area is 125 Å². The van der Waals surface area contributed by atoms with Crippen molar-refractivity contribution >= 4 is 11.6 Å². The van der Waals surface area contributed by atoms with Gasteiger partial charge in [-0.05, 0) is 37.1 Å². The van der Waals surface area contributed by atoms with E-state index in [0.717, 1.165) is 6.54 Å². The number of hydrogen-bond donors (Lipinski definition) is 2. The normalized spacial score (nSPS) is 15.4. The Balaban J connectivity index is 1.73. The average Bonchev–Trinajstić information content (AvgIpc) is 2.90. The van der Waals surface area contributed by atoms with Crippen LogP contribution in [0.5, 0.6) is 0 Å². The monoisotopic (exact) mass is 283 g/mol. The van der Waals surface area contributed by atoms with Gasteiger partial charge in [-0.3, -0.25) is 4.90 Å².